The lowest BCUT2D eigenvalue weighted by Crippen LogP contribution is -2.48. The van der Waals surface area contributed by atoms with E-state index in [0.29, 0.717) is 0 Å². The zero-order valence-electron chi connectivity index (χ0n) is 9.99. The predicted octanol–water partition coefficient (Wildman–Crippen LogP) is 0.609. The minimum Gasteiger partial charge on any atom is -0.330 e. The minimum atomic E-state index is 0.766. The van der Waals surface area contributed by atoms with Gasteiger partial charge in [0, 0.05) is 32.7 Å². The standard InChI is InChI=1S/C12H25N3/c1-14-5-7-15(8-6-14)10-12(9-13)11-3-2-4-11/h11-12H,2-10,13H2,1H3. The number of likely N-dealkylation sites (N-methyl/N-ethyl adjacent to an activating group) is 1. The lowest BCUT2D eigenvalue weighted by atomic mass is 9.75. The summed E-state index contributed by atoms with van der Waals surface area (Å²) in [6.07, 6.45) is 4.29. The van der Waals surface area contributed by atoms with Crippen LogP contribution in [0, 0.1) is 11.8 Å². The quantitative estimate of drug-likeness (QED) is 0.739. The average Bonchev–Trinajstić information content (AvgIpc) is 2.17. The van der Waals surface area contributed by atoms with E-state index in [9.17, 15) is 0 Å². The first kappa shape index (κ1) is 11.4. The SMILES string of the molecule is CN1CCN(CC(CN)C2CCC2)CC1. The van der Waals surface area contributed by atoms with Gasteiger partial charge in [0.1, 0.15) is 0 Å². The van der Waals surface area contributed by atoms with Crippen molar-refractivity contribution < 1.29 is 0 Å². The van der Waals surface area contributed by atoms with E-state index in [-0.39, 0.29) is 0 Å². The van der Waals surface area contributed by atoms with Gasteiger partial charge in [0.15, 0.2) is 0 Å². The molecule has 1 unspecified atom stereocenters. The molecule has 3 nitrogen and oxygen atoms in total. The van der Waals surface area contributed by atoms with Gasteiger partial charge in [-0.2, -0.15) is 0 Å². The molecule has 0 bridgehead atoms. The third-order valence-electron chi connectivity index (χ3n) is 4.21. The van der Waals surface area contributed by atoms with Crippen molar-refractivity contribution >= 4 is 0 Å². The second kappa shape index (κ2) is 5.28. The van der Waals surface area contributed by atoms with Crippen molar-refractivity contribution in [1.29, 1.82) is 0 Å². The van der Waals surface area contributed by atoms with Gasteiger partial charge in [-0.05, 0) is 25.4 Å². The van der Waals surface area contributed by atoms with E-state index in [1.807, 2.05) is 0 Å². The van der Waals surface area contributed by atoms with E-state index in [2.05, 4.69) is 16.8 Å². The van der Waals surface area contributed by atoms with Crippen LogP contribution in [-0.4, -0.2) is 56.1 Å². The molecule has 0 spiro atoms. The first-order valence-corrected chi connectivity index (χ1v) is 6.40. The highest BCUT2D eigenvalue weighted by Crippen LogP contribution is 2.33. The highest BCUT2D eigenvalue weighted by Gasteiger charge is 2.28. The molecule has 0 aromatic heterocycles. The molecular formula is C12H25N3. The van der Waals surface area contributed by atoms with Crippen LogP contribution >= 0.6 is 0 Å². The molecule has 1 saturated carbocycles. The summed E-state index contributed by atoms with van der Waals surface area (Å²) >= 11 is 0. The van der Waals surface area contributed by atoms with Crippen LogP contribution in [0.15, 0.2) is 0 Å². The molecule has 1 aliphatic heterocycles. The van der Waals surface area contributed by atoms with Crippen LogP contribution in [0.1, 0.15) is 19.3 Å². The van der Waals surface area contributed by atoms with E-state index in [1.54, 1.807) is 0 Å². The minimum absolute atomic E-state index is 0.766. The summed E-state index contributed by atoms with van der Waals surface area (Å²) in [6.45, 7) is 7.05. The van der Waals surface area contributed by atoms with Crippen molar-refractivity contribution in [3.63, 3.8) is 0 Å². The molecule has 2 rings (SSSR count). The summed E-state index contributed by atoms with van der Waals surface area (Å²) in [4.78, 5) is 5.02. The van der Waals surface area contributed by atoms with E-state index < -0.39 is 0 Å². The van der Waals surface area contributed by atoms with Gasteiger partial charge in [-0.25, -0.2) is 0 Å². The van der Waals surface area contributed by atoms with Crippen LogP contribution < -0.4 is 5.73 Å². The molecule has 1 aliphatic carbocycles. The van der Waals surface area contributed by atoms with Crippen LogP contribution in [0.5, 0.6) is 0 Å². The maximum atomic E-state index is 5.89. The lowest BCUT2D eigenvalue weighted by molar-refractivity contribution is 0.101. The van der Waals surface area contributed by atoms with E-state index in [4.69, 9.17) is 5.73 Å². The second-order valence-electron chi connectivity index (χ2n) is 5.29. The molecule has 3 heteroatoms. The van der Waals surface area contributed by atoms with E-state index in [1.165, 1.54) is 52.0 Å². The smallest absolute Gasteiger partial charge is 0.0110 e. The van der Waals surface area contributed by atoms with Crippen molar-refractivity contribution in [3.8, 4) is 0 Å². The molecule has 2 aliphatic rings. The summed E-state index contributed by atoms with van der Waals surface area (Å²) in [5.41, 5.74) is 5.89. The molecule has 1 heterocycles. The number of hydrogen-bond donors (Lipinski definition) is 1. The zero-order chi connectivity index (χ0) is 10.7. The van der Waals surface area contributed by atoms with Crippen LogP contribution in [0.4, 0.5) is 0 Å². The molecule has 0 amide bonds. The molecule has 0 aromatic carbocycles. The number of nitrogens with two attached hydrogens (primary N) is 1. The third-order valence-corrected chi connectivity index (χ3v) is 4.21. The summed E-state index contributed by atoms with van der Waals surface area (Å²) in [5.74, 6) is 1.71. The summed E-state index contributed by atoms with van der Waals surface area (Å²) in [5, 5.41) is 0. The normalized spacial score (nSPS) is 27.6. The van der Waals surface area contributed by atoms with Gasteiger partial charge < -0.3 is 15.5 Å². The van der Waals surface area contributed by atoms with Gasteiger partial charge in [0.25, 0.3) is 0 Å². The fourth-order valence-electron chi connectivity index (χ4n) is 2.69. The van der Waals surface area contributed by atoms with Gasteiger partial charge in [-0.1, -0.05) is 19.3 Å². The van der Waals surface area contributed by atoms with E-state index >= 15 is 0 Å². The van der Waals surface area contributed by atoms with Crippen LogP contribution in [-0.2, 0) is 0 Å². The van der Waals surface area contributed by atoms with Crippen molar-refractivity contribution in [2.45, 2.75) is 19.3 Å². The Morgan fingerprint density at radius 2 is 1.87 bits per heavy atom. The predicted molar refractivity (Wildman–Crippen MR) is 63.8 cm³/mol. The Morgan fingerprint density at radius 3 is 2.33 bits per heavy atom. The molecule has 0 radical (unpaired) electrons. The zero-order valence-corrected chi connectivity index (χ0v) is 9.99. The topological polar surface area (TPSA) is 32.5 Å². The first-order chi connectivity index (χ1) is 7.29. The molecule has 1 saturated heterocycles. The molecule has 1 atom stereocenters. The lowest BCUT2D eigenvalue weighted by Gasteiger charge is -2.39. The van der Waals surface area contributed by atoms with Crippen LogP contribution in [0.25, 0.3) is 0 Å². The van der Waals surface area contributed by atoms with Gasteiger partial charge in [0.2, 0.25) is 0 Å². The molecule has 15 heavy (non-hydrogen) atoms. The second-order valence-corrected chi connectivity index (χ2v) is 5.29. The van der Waals surface area contributed by atoms with Crippen LogP contribution in [0.2, 0.25) is 0 Å². The van der Waals surface area contributed by atoms with Crippen LogP contribution in [0.3, 0.4) is 0 Å². The largest absolute Gasteiger partial charge is 0.330 e. The van der Waals surface area contributed by atoms with Crippen molar-refractivity contribution in [2.24, 2.45) is 17.6 Å². The summed E-state index contributed by atoms with van der Waals surface area (Å²) in [6, 6.07) is 0. The van der Waals surface area contributed by atoms with Gasteiger partial charge >= 0.3 is 0 Å². The van der Waals surface area contributed by atoms with Crippen molar-refractivity contribution in [2.75, 3.05) is 46.3 Å². The Hall–Kier alpha value is -0.120. The monoisotopic (exact) mass is 211 g/mol. The van der Waals surface area contributed by atoms with Gasteiger partial charge in [0.05, 0.1) is 0 Å². The Morgan fingerprint density at radius 1 is 1.20 bits per heavy atom. The number of rotatable bonds is 4. The Bertz CT molecular complexity index is 183. The third kappa shape index (κ3) is 2.92. The van der Waals surface area contributed by atoms with Crippen molar-refractivity contribution in [1.82, 2.24) is 9.80 Å². The summed E-state index contributed by atoms with van der Waals surface area (Å²) in [7, 11) is 2.21. The maximum Gasteiger partial charge on any atom is 0.0110 e. The fourth-order valence-corrected chi connectivity index (χ4v) is 2.69. The molecule has 88 valence electrons. The molecule has 0 aromatic rings. The number of nitrogens with zero attached hydrogens (tertiary/aromatic N) is 2. The Kier molecular flexibility index (Phi) is 4.00. The Balaban J connectivity index is 1.74. The molecular weight excluding hydrogens is 186 g/mol. The highest BCUT2D eigenvalue weighted by atomic mass is 15.2. The molecule has 2 N–H and O–H groups in total. The molecule has 2 fully saturated rings. The Labute approximate surface area is 93.6 Å². The number of piperazine rings is 1. The first-order valence-electron chi connectivity index (χ1n) is 6.40. The average molecular weight is 211 g/mol. The summed E-state index contributed by atoms with van der Waals surface area (Å²) < 4.78 is 0. The van der Waals surface area contributed by atoms with Gasteiger partial charge in [-0.15, -0.1) is 0 Å². The van der Waals surface area contributed by atoms with Crippen molar-refractivity contribution in [3.05, 3.63) is 0 Å². The van der Waals surface area contributed by atoms with E-state index in [0.717, 1.165) is 18.4 Å². The maximum absolute atomic E-state index is 5.89. The van der Waals surface area contributed by atoms with Gasteiger partial charge in [-0.3, -0.25) is 0 Å². The highest BCUT2D eigenvalue weighted by molar-refractivity contribution is 4.82. The fraction of sp³-hybridized carbons (Fsp3) is 1.00. The number of hydrogen-bond acceptors (Lipinski definition) is 3.